The number of ether oxygens (including phenoxy) is 1. The normalized spacial score (nSPS) is 16.7. The molecule has 1 aromatic rings. The molecule has 106 valence electrons. The second kappa shape index (κ2) is 6.25. The highest BCUT2D eigenvalue weighted by Gasteiger charge is 2.42. The lowest BCUT2D eigenvalue weighted by molar-refractivity contribution is 0.165. The third-order valence-corrected chi connectivity index (χ3v) is 4.52. The van der Waals surface area contributed by atoms with Crippen molar-refractivity contribution in [1.29, 1.82) is 0 Å². The predicted molar refractivity (Wildman–Crippen MR) is 80.6 cm³/mol. The maximum atomic E-state index is 9.34. The molecule has 1 fully saturated rings. The van der Waals surface area contributed by atoms with E-state index in [1.54, 1.807) is 7.11 Å². The molecule has 1 N–H and O–H groups in total. The highest BCUT2D eigenvalue weighted by molar-refractivity contribution is 9.10. The van der Waals surface area contributed by atoms with Crippen LogP contribution in [0.5, 0.6) is 5.75 Å². The fraction of sp³-hybridized carbons (Fsp3) is 0.600. The van der Waals surface area contributed by atoms with Crippen LogP contribution in [0.15, 0.2) is 22.7 Å². The summed E-state index contributed by atoms with van der Waals surface area (Å²) in [5, 5.41) is 9.34. The molecule has 0 aromatic heterocycles. The Hall–Kier alpha value is -0.580. The van der Waals surface area contributed by atoms with Crippen LogP contribution in [0.3, 0.4) is 0 Å². The van der Waals surface area contributed by atoms with Crippen molar-refractivity contribution in [3.63, 3.8) is 0 Å². The first-order chi connectivity index (χ1) is 9.08. The molecule has 1 aliphatic carbocycles. The van der Waals surface area contributed by atoms with Crippen LogP contribution >= 0.6 is 15.9 Å². The summed E-state index contributed by atoms with van der Waals surface area (Å²) in [6, 6.07) is 6.22. The summed E-state index contributed by atoms with van der Waals surface area (Å²) in [7, 11) is 3.81. The molecule has 0 saturated heterocycles. The van der Waals surface area contributed by atoms with E-state index < -0.39 is 0 Å². The maximum absolute atomic E-state index is 9.34. The van der Waals surface area contributed by atoms with Gasteiger partial charge in [0.2, 0.25) is 0 Å². The van der Waals surface area contributed by atoms with Crippen molar-refractivity contribution < 1.29 is 9.84 Å². The Kier molecular flexibility index (Phi) is 4.87. The van der Waals surface area contributed by atoms with Crippen LogP contribution in [0.2, 0.25) is 0 Å². The van der Waals surface area contributed by atoms with Crippen LogP contribution in [0.25, 0.3) is 0 Å². The molecule has 1 saturated carbocycles. The van der Waals surface area contributed by atoms with Gasteiger partial charge in [0.15, 0.2) is 0 Å². The Balaban J connectivity index is 1.83. The quantitative estimate of drug-likeness (QED) is 0.835. The lowest BCUT2D eigenvalue weighted by Crippen LogP contribution is -2.30. The van der Waals surface area contributed by atoms with Gasteiger partial charge in [-0.1, -0.05) is 6.07 Å². The number of likely N-dealkylation sites (N-methyl/N-ethyl adjacent to an activating group) is 1. The van der Waals surface area contributed by atoms with Gasteiger partial charge in [0.1, 0.15) is 5.75 Å². The van der Waals surface area contributed by atoms with E-state index in [1.165, 1.54) is 18.4 Å². The molecule has 0 atom stereocenters. The maximum Gasteiger partial charge on any atom is 0.133 e. The molecule has 0 amide bonds. The highest BCUT2D eigenvalue weighted by atomic mass is 79.9. The van der Waals surface area contributed by atoms with Gasteiger partial charge >= 0.3 is 0 Å². The lowest BCUT2D eigenvalue weighted by atomic mass is 10.1. The number of aliphatic hydroxyl groups is 1. The Morgan fingerprint density at radius 1 is 1.42 bits per heavy atom. The van der Waals surface area contributed by atoms with E-state index in [4.69, 9.17) is 4.74 Å². The number of hydrogen-bond donors (Lipinski definition) is 1. The predicted octanol–water partition coefficient (Wildman–Crippen LogP) is 2.70. The second-order valence-electron chi connectivity index (χ2n) is 5.61. The molecular formula is C15H22BrNO2. The summed E-state index contributed by atoms with van der Waals surface area (Å²) in [6.07, 6.45) is 3.35. The van der Waals surface area contributed by atoms with E-state index in [1.807, 2.05) is 6.07 Å². The van der Waals surface area contributed by atoms with E-state index in [9.17, 15) is 5.11 Å². The van der Waals surface area contributed by atoms with Crippen LogP contribution in [0.1, 0.15) is 18.4 Å². The average Bonchev–Trinajstić information content (AvgIpc) is 3.17. The van der Waals surface area contributed by atoms with E-state index in [0.717, 1.165) is 29.7 Å². The van der Waals surface area contributed by atoms with Crippen molar-refractivity contribution in [2.75, 3.05) is 33.9 Å². The molecule has 3 nitrogen and oxygen atoms in total. The summed E-state index contributed by atoms with van der Waals surface area (Å²) in [5.41, 5.74) is 1.50. The van der Waals surface area contributed by atoms with Crippen molar-refractivity contribution in [3.05, 3.63) is 28.2 Å². The summed E-state index contributed by atoms with van der Waals surface area (Å²) in [6.45, 7) is 2.34. The van der Waals surface area contributed by atoms with Gasteiger partial charge < -0.3 is 14.7 Å². The smallest absolute Gasteiger partial charge is 0.133 e. The van der Waals surface area contributed by atoms with Crippen molar-refractivity contribution in [2.45, 2.75) is 19.3 Å². The molecule has 0 spiro atoms. The van der Waals surface area contributed by atoms with E-state index in [-0.39, 0.29) is 5.41 Å². The number of hydrogen-bond acceptors (Lipinski definition) is 3. The Labute approximate surface area is 123 Å². The molecule has 2 rings (SSSR count). The van der Waals surface area contributed by atoms with Gasteiger partial charge in [-0.2, -0.15) is 0 Å². The number of methoxy groups -OCH3 is 1. The first kappa shape index (κ1) is 14.8. The van der Waals surface area contributed by atoms with Crippen molar-refractivity contribution >= 4 is 15.9 Å². The molecule has 0 aliphatic heterocycles. The van der Waals surface area contributed by atoms with Crippen LogP contribution in [-0.4, -0.2) is 43.9 Å². The minimum absolute atomic E-state index is 0.204. The van der Waals surface area contributed by atoms with Crippen molar-refractivity contribution in [1.82, 2.24) is 4.90 Å². The third kappa shape index (κ3) is 3.94. The summed E-state index contributed by atoms with van der Waals surface area (Å²) >= 11 is 3.51. The zero-order chi connectivity index (χ0) is 13.9. The second-order valence-corrected chi connectivity index (χ2v) is 6.47. The van der Waals surface area contributed by atoms with Crippen molar-refractivity contribution in [3.8, 4) is 5.75 Å². The number of nitrogens with zero attached hydrogens (tertiary/aromatic N) is 1. The zero-order valence-electron chi connectivity index (χ0n) is 11.7. The molecule has 1 aliphatic rings. The SMILES string of the molecule is COc1ccc(CCN(C)CC2(CO)CC2)cc1Br. The lowest BCUT2D eigenvalue weighted by Gasteiger charge is -2.22. The summed E-state index contributed by atoms with van der Waals surface area (Å²) in [5.74, 6) is 0.870. The van der Waals surface area contributed by atoms with Gasteiger partial charge in [-0.3, -0.25) is 0 Å². The number of rotatable bonds is 7. The molecule has 4 heteroatoms. The molecule has 0 bridgehead atoms. The zero-order valence-corrected chi connectivity index (χ0v) is 13.2. The Bertz CT molecular complexity index is 432. The summed E-state index contributed by atoms with van der Waals surface area (Å²) < 4.78 is 6.23. The largest absolute Gasteiger partial charge is 0.496 e. The van der Waals surface area contributed by atoms with Gasteiger partial charge in [-0.15, -0.1) is 0 Å². The summed E-state index contributed by atoms with van der Waals surface area (Å²) in [4.78, 5) is 2.32. The van der Waals surface area contributed by atoms with Gasteiger partial charge in [0.25, 0.3) is 0 Å². The molecule has 1 aromatic carbocycles. The van der Waals surface area contributed by atoms with Gasteiger partial charge in [-0.25, -0.2) is 0 Å². The van der Waals surface area contributed by atoms with Crippen LogP contribution in [0.4, 0.5) is 0 Å². The number of halogens is 1. The molecule has 19 heavy (non-hydrogen) atoms. The first-order valence-corrected chi connectivity index (χ1v) is 7.50. The number of benzene rings is 1. The molecular weight excluding hydrogens is 306 g/mol. The minimum Gasteiger partial charge on any atom is -0.496 e. The third-order valence-electron chi connectivity index (χ3n) is 3.90. The van der Waals surface area contributed by atoms with E-state index >= 15 is 0 Å². The van der Waals surface area contributed by atoms with Gasteiger partial charge in [0, 0.05) is 25.1 Å². The Morgan fingerprint density at radius 3 is 2.68 bits per heavy atom. The standard InChI is InChI=1S/C15H22BrNO2/c1-17(10-15(11-18)6-7-15)8-5-12-3-4-14(19-2)13(16)9-12/h3-4,9,18H,5-8,10-11H2,1-2H3. The molecule has 0 unspecified atom stereocenters. The fourth-order valence-electron chi connectivity index (χ4n) is 2.38. The van der Waals surface area contributed by atoms with Crippen LogP contribution in [-0.2, 0) is 6.42 Å². The van der Waals surface area contributed by atoms with Crippen LogP contribution in [0, 0.1) is 5.41 Å². The molecule has 0 heterocycles. The molecule has 0 radical (unpaired) electrons. The average molecular weight is 328 g/mol. The van der Waals surface area contributed by atoms with Crippen molar-refractivity contribution in [2.24, 2.45) is 5.41 Å². The first-order valence-electron chi connectivity index (χ1n) is 6.70. The monoisotopic (exact) mass is 327 g/mol. The van der Waals surface area contributed by atoms with Gasteiger partial charge in [-0.05, 0) is 59.9 Å². The minimum atomic E-state index is 0.204. The van der Waals surface area contributed by atoms with Crippen LogP contribution < -0.4 is 4.74 Å². The number of aliphatic hydroxyl groups excluding tert-OH is 1. The van der Waals surface area contributed by atoms with Gasteiger partial charge in [0.05, 0.1) is 11.6 Å². The van der Waals surface area contributed by atoms with E-state index in [2.05, 4.69) is 40.0 Å². The topological polar surface area (TPSA) is 32.7 Å². The fourth-order valence-corrected chi connectivity index (χ4v) is 2.97. The Morgan fingerprint density at radius 2 is 2.16 bits per heavy atom. The van der Waals surface area contributed by atoms with E-state index in [0.29, 0.717) is 6.61 Å². The highest BCUT2D eigenvalue weighted by Crippen LogP contribution is 2.45.